The van der Waals surface area contributed by atoms with Gasteiger partial charge in [0.25, 0.3) is 0 Å². The number of nitrogens with zero attached hydrogens (tertiary/aromatic N) is 3. The van der Waals surface area contributed by atoms with E-state index in [1.54, 1.807) is 30.5 Å². The van der Waals surface area contributed by atoms with Gasteiger partial charge >= 0.3 is 0 Å². The predicted molar refractivity (Wildman–Crippen MR) is 127 cm³/mol. The lowest BCUT2D eigenvalue weighted by molar-refractivity contribution is -0.0646. The largest absolute Gasteiger partial charge is 0.494 e. The van der Waals surface area contributed by atoms with Gasteiger partial charge in [-0.2, -0.15) is 5.10 Å². The average Bonchev–Trinajstić information content (AvgIpc) is 3.26. The number of aliphatic hydroxyl groups is 1. The molecular weight excluding hydrogens is 442 g/mol. The Morgan fingerprint density at radius 3 is 2.79 bits per heavy atom. The second-order valence-electron chi connectivity index (χ2n) is 8.35. The maximum Gasteiger partial charge on any atom is 0.134 e. The van der Waals surface area contributed by atoms with Gasteiger partial charge in [-0.05, 0) is 48.0 Å². The van der Waals surface area contributed by atoms with Crippen LogP contribution in [-0.2, 0) is 17.8 Å². The molecule has 2 aromatic carbocycles. The van der Waals surface area contributed by atoms with Crippen molar-refractivity contribution in [3.63, 3.8) is 0 Å². The van der Waals surface area contributed by atoms with E-state index in [1.165, 1.54) is 0 Å². The van der Waals surface area contributed by atoms with Gasteiger partial charge in [0.2, 0.25) is 0 Å². The maximum absolute atomic E-state index is 11.1. The molecule has 1 unspecified atom stereocenters. The van der Waals surface area contributed by atoms with Gasteiger partial charge < -0.3 is 19.3 Å². The highest BCUT2D eigenvalue weighted by molar-refractivity contribution is 6.30. The Morgan fingerprint density at radius 2 is 1.97 bits per heavy atom. The second-order valence-corrected chi connectivity index (χ2v) is 8.79. The Hall–Kier alpha value is -2.58. The molecule has 4 rings (SSSR count). The van der Waals surface area contributed by atoms with Crippen molar-refractivity contribution in [2.75, 3.05) is 39.5 Å². The van der Waals surface area contributed by atoms with Crippen LogP contribution < -0.4 is 9.47 Å². The zero-order valence-corrected chi connectivity index (χ0v) is 19.4. The first kappa shape index (κ1) is 23.6. The highest BCUT2D eigenvalue weighted by Gasteiger charge is 2.33. The number of rotatable bonds is 10. The first-order valence-electron chi connectivity index (χ1n) is 11.2. The maximum atomic E-state index is 11.1. The quantitative estimate of drug-likeness (QED) is 0.455. The lowest BCUT2D eigenvalue weighted by atomic mass is 10.1. The van der Waals surface area contributed by atoms with Crippen LogP contribution in [0.15, 0.2) is 67.0 Å². The summed E-state index contributed by atoms with van der Waals surface area (Å²) in [6.45, 7) is 4.28. The van der Waals surface area contributed by atoms with Crippen LogP contribution in [0.2, 0.25) is 5.02 Å². The summed E-state index contributed by atoms with van der Waals surface area (Å²) in [6, 6.07) is 17.1. The summed E-state index contributed by atoms with van der Waals surface area (Å²) in [5.41, 5.74) is 0.0268. The molecule has 0 radical (unpaired) electrons. The molecule has 0 saturated carbocycles. The van der Waals surface area contributed by atoms with E-state index >= 15 is 0 Å². The van der Waals surface area contributed by atoms with Crippen LogP contribution >= 0.6 is 11.6 Å². The van der Waals surface area contributed by atoms with Crippen molar-refractivity contribution >= 4 is 11.6 Å². The van der Waals surface area contributed by atoms with Crippen LogP contribution in [-0.4, -0.2) is 64.9 Å². The zero-order chi connectivity index (χ0) is 22.9. The molecule has 1 saturated heterocycles. The molecule has 1 aliphatic heterocycles. The molecule has 3 aromatic rings. The highest BCUT2D eigenvalue weighted by atomic mass is 35.5. The van der Waals surface area contributed by atoms with Crippen molar-refractivity contribution in [1.29, 1.82) is 0 Å². The van der Waals surface area contributed by atoms with Crippen molar-refractivity contribution in [3.8, 4) is 11.5 Å². The Bertz CT molecular complexity index is 984. The monoisotopic (exact) mass is 471 g/mol. The van der Waals surface area contributed by atoms with Crippen LogP contribution in [0, 0.1) is 0 Å². The molecule has 1 N–H and O–H groups in total. The molecule has 0 amide bonds. The van der Waals surface area contributed by atoms with Gasteiger partial charge in [-0.3, -0.25) is 9.58 Å². The van der Waals surface area contributed by atoms with E-state index in [0.717, 1.165) is 30.8 Å². The van der Waals surface area contributed by atoms with Gasteiger partial charge in [0.15, 0.2) is 0 Å². The summed E-state index contributed by atoms with van der Waals surface area (Å²) in [4.78, 5) is 2.19. The van der Waals surface area contributed by atoms with E-state index in [2.05, 4.69) is 22.1 Å². The van der Waals surface area contributed by atoms with Gasteiger partial charge in [-0.15, -0.1) is 0 Å². The second kappa shape index (κ2) is 11.5. The molecule has 1 aromatic heterocycles. The fourth-order valence-corrected chi connectivity index (χ4v) is 3.93. The van der Waals surface area contributed by atoms with Crippen molar-refractivity contribution in [1.82, 2.24) is 14.7 Å². The predicted octanol–water partition coefficient (Wildman–Crippen LogP) is 3.65. The van der Waals surface area contributed by atoms with E-state index in [9.17, 15) is 5.11 Å². The SMILES string of the molecule is OC1(COc2ccc(Cl)cc2)COCCN(Cc2cccc(OCCCn3cccn3)c2)C1. The topological polar surface area (TPSA) is 69.0 Å². The molecular formula is C25H30ClN3O4. The number of ether oxygens (including phenoxy) is 3. The smallest absolute Gasteiger partial charge is 0.134 e. The van der Waals surface area contributed by atoms with Crippen molar-refractivity contribution in [2.45, 2.75) is 25.1 Å². The third kappa shape index (κ3) is 7.47. The van der Waals surface area contributed by atoms with Crippen molar-refractivity contribution in [3.05, 3.63) is 77.6 Å². The fraction of sp³-hybridized carbons (Fsp3) is 0.400. The normalized spacial score (nSPS) is 19.2. The number of aryl methyl sites for hydroxylation is 1. The summed E-state index contributed by atoms with van der Waals surface area (Å²) in [5, 5.41) is 16.0. The van der Waals surface area contributed by atoms with E-state index in [1.807, 2.05) is 29.1 Å². The van der Waals surface area contributed by atoms with Gasteiger partial charge in [-0.25, -0.2) is 0 Å². The number of hydrogen-bond acceptors (Lipinski definition) is 6. The van der Waals surface area contributed by atoms with Gasteiger partial charge in [0.1, 0.15) is 23.7 Å². The third-order valence-electron chi connectivity index (χ3n) is 5.43. The first-order valence-corrected chi connectivity index (χ1v) is 11.6. The van der Waals surface area contributed by atoms with E-state index in [4.69, 9.17) is 25.8 Å². The first-order chi connectivity index (χ1) is 16.1. The molecule has 0 aliphatic carbocycles. The molecule has 7 nitrogen and oxygen atoms in total. The minimum atomic E-state index is -1.10. The molecule has 1 atom stereocenters. The molecule has 0 spiro atoms. The number of hydrogen-bond donors (Lipinski definition) is 1. The molecule has 33 heavy (non-hydrogen) atoms. The average molecular weight is 472 g/mol. The van der Waals surface area contributed by atoms with Crippen LogP contribution in [0.5, 0.6) is 11.5 Å². The molecule has 2 heterocycles. The molecule has 176 valence electrons. The fourth-order valence-electron chi connectivity index (χ4n) is 3.81. The Balaban J connectivity index is 1.28. The van der Waals surface area contributed by atoms with Crippen molar-refractivity contribution < 1.29 is 19.3 Å². The van der Waals surface area contributed by atoms with E-state index in [-0.39, 0.29) is 13.2 Å². The zero-order valence-electron chi connectivity index (χ0n) is 18.6. The molecule has 0 bridgehead atoms. The van der Waals surface area contributed by atoms with Gasteiger partial charge in [-0.1, -0.05) is 23.7 Å². The Labute approximate surface area is 199 Å². The highest BCUT2D eigenvalue weighted by Crippen LogP contribution is 2.21. The third-order valence-corrected chi connectivity index (χ3v) is 5.68. The van der Waals surface area contributed by atoms with Gasteiger partial charge in [0.05, 0.1) is 19.8 Å². The summed E-state index contributed by atoms with van der Waals surface area (Å²) >= 11 is 5.93. The minimum Gasteiger partial charge on any atom is -0.494 e. The number of benzene rings is 2. The van der Waals surface area contributed by atoms with Crippen LogP contribution in [0.3, 0.4) is 0 Å². The molecule has 1 fully saturated rings. The van der Waals surface area contributed by atoms with Crippen LogP contribution in [0.1, 0.15) is 12.0 Å². The molecule has 8 heteroatoms. The Kier molecular flexibility index (Phi) is 8.23. The lowest BCUT2D eigenvalue weighted by Gasteiger charge is -2.30. The summed E-state index contributed by atoms with van der Waals surface area (Å²) < 4.78 is 19.3. The van der Waals surface area contributed by atoms with Crippen LogP contribution in [0.25, 0.3) is 0 Å². The Morgan fingerprint density at radius 1 is 1.09 bits per heavy atom. The summed E-state index contributed by atoms with van der Waals surface area (Å²) in [6.07, 6.45) is 4.62. The van der Waals surface area contributed by atoms with Gasteiger partial charge in [0, 0.05) is 50.0 Å². The molecule has 1 aliphatic rings. The summed E-state index contributed by atoms with van der Waals surface area (Å²) in [7, 11) is 0. The lowest BCUT2D eigenvalue weighted by Crippen LogP contribution is -2.48. The summed E-state index contributed by atoms with van der Waals surface area (Å²) in [5.74, 6) is 1.52. The van der Waals surface area contributed by atoms with Crippen LogP contribution in [0.4, 0.5) is 0 Å². The van der Waals surface area contributed by atoms with Crippen molar-refractivity contribution in [2.24, 2.45) is 0 Å². The number of halogens is 1. The standard InChI is InChI=1S/C25H30ClN3O4/c26-22-6-8-23(9-7-22)33-20-25(30)18-28(13-15-31-19-25)17-21-4-1-5-24(16-21)32-14-3-12-29-11-2-10-27-29/h1-2,4-11,16,30H,3,12-15,17-20H2. The number of aromatic nitrogens is 2. The number of β-amino-alcohol motifs (C(OH)–C–C–N with tert-alkyl or cyclic N) is 1. The minimum absolute atomic E-state index is 0.143. The van der Waals surface area contributed by atoms with E-state index in [0.29, 0.717) is 37.1 Å². The van der Waals surface area contributed by atoms with E-state index < -0.39 is 5.60 Å².